The van der Waals surface area contributed by atoms with E-state index in [0.29, 0.717) is 32.7 Å². The van der Waals surface area contributed by atoms with E-state index in [1.165, 1.54) is 0 Å². The third-order valence-corrected chi connectivity index (χ3v) is 5.48. The first-order valence-electron chi connectivity index (χ1n) is 9.69. The Morgan fingerprint density at radius 1 is 1.19 bits per heavy atom. The van der Waals surface area contributed by atoms with E-state index in [4.69, 9.17) is 4.74 Å². The van der Waals surface area contributed by atoms with Crippen LogP contribution in [0.4, 0.5) is 0 Å². The van der Waals surface area contributed by atoms with Crippen molar-refractivity contribution in [3.63, 3.8) is 0 Å². The number of hydrogen-bond acceptors (Lipinski definition) is 5. The number of nitrogens with one attached hydrogen (secondary N) is 1. The van der Waals surface area contributed by atoms with E-state index in [1.54, 1.807) is 4.90 Å². The quantitative estimate of drug-likeness (QED) is 0.712. The van der Waals surface area contributed by atoms with Crippen LogP contribution in [0.25, 0.3) is 0 Å². The Balaban J connectivity index is 1.65. The average Bonchev–Trinajstić information content (AvgIpc) is 2.68. The van der Waals surface area contributed by atoms with Crippen molar-refractivity contribution in [1.29, 1.82) is 0 Å². The minimum absolute atomic E-state index is 0.00802. The zero-order valence-electron chi connectivity index (χ0n) is 15.8. The largest absolute Gasteiger partial charge is 0.394 e. The van der Waals surface area contributed by atoms with Gasteiger partial charge >= 0.3 is 0 Å². The molecule has 7 nitrogen and oxygen atoms in total. The van der Waals surface area contributed by atoms with Gasteiger partial charge in [0.05, 0.1) is 38.4 Å². The summed E-state index contributed by atoms with van der Waals surface area (Å²) < 4.78 is 5.30. The fraction of sp³-hybridized carbons (Fsp3) is 0.600. The molecule has 2 aliphatic heterocycles. The molecule has 2 fully saturated rings. The SMILES string of the molecule is CCC(=O)N1[C@H](CNC(=O)CN2CCOCC2)[C@H](c2ccccc2)[C@@H]1CO. The number of morpholine rings is 1. The van der Waals surface area contributed by atoms with Gasteiger partial charge in [-0.1, -0.05) is 37.3 Å². The lowest BCUT2D eigenvalue weighted by Crippen LogP contribution is -2.68. The first-order chi connectivity index (χ1) is 13.2. The van der Waals surface area contributed by atoms with Gasteiger partial charge in [0.2, 0.25) is 11.8 Å². The van der Waals surface area contributed by atoms with Crippen LogP contribution in [0.15, 0.2) is 30.3 Å². The molecule has 1 aromatic rings. The van der Waals surface area contributed by atoms with Gasteiger partial charge in [0.1, 0.15) is 0 Å². The molecule has 0 radical (unpaired) electrons. The summed E-state index contributed by atoms with van der Waals surface area (Å²) >= 11 is 0. The van der Waals surface area contributed by atoms with Crippen LogP contribution < -0.4 is 5.32 Å². The van der Waals surface area contributed by atoms with Crippen LogP contribution in [0.2, 0.25) is 0 Å². The van der Waals surface area contributed by atoms with Crippen LogP contribution in [-0.2, 0) is 14.3 Å². The summed E-state index contributed by atoms with van der Waals surface area (Å²) in [7, 11) is 0. The van der Waals surface area contributed by atoms with E-state index in [1.807, 2.05) is 37.3 Å². The highest BCUT2D eigenvalue weighted by atomic mass is 16.5. The standard InChI is InChI=1S/C20H29N3O4/c1-2-19(26)23-16(12-21-18(25)13-22-8-10-27-11-9-22)20(17(23)14-24)15-6-4-3-5-7-15/h3-7,16-17,20,24H,2,8-14H2,1H3,(H,21,25)/t16-,17+,20+/m1/s1. The van der Waals surface area contributed by atoms with Gasteiger partial charge < -0.3 is 20.1 Å². The molecule has 2 N–H and O–H groups in total. The molecule has 2 aliphatic rings. The zero-order valence-corrected chi connectivity index (χ0v) is 15.8. The summed E-state index contributed by atoms with van der Waals surface area (Å²) in [4.78, 5) is 28.6. The number of aliphatic hydroxyl groups excluding tert-OH is 1. The van der Waals surface area contributed by atoms with Gasteiger partial charge in [0, 0.05) is 32.0 Å². The number of ether oxygens (including phenoxy) is 1. The Hall–Kier alpha value is -1.96. The maximum absolute atomic E-state index is 12.4. The summed E-state index contributed by atoms with van der Waals surface area (Å²) in [5, 5.41) is 12.8. The van der Waals surface area contributed by atoms with Gasteiger partial charge in [-0.25, -0.2) is 0 Å². The Kier molecular flexibility index (Phi) is 6.82. The summed E-state index contributed by atoms with van der Waals surface area (Å²) in [5.74, 6) is -0.0101. The first kappa shape index (κ1) is 19.8. The molecule has 2 heterocycles. The van der Waals surface area contributed by atoms with E-state index in [2.05, 4.69) is 10.2 Å². The third-order valence-electron chi connectivity index (χ3n) is 5.48. The van der Waals surface area contributed by atoms with Crippen LogP contribution in [-0.4, -0.2) is 84.8 Å². The van der Waals surface area contributed by atoms with Crippen molar-refractivity contribution in [2.45, 2.75) is 31.3 Å². The lowest BCUT2D eigenvalue weighted by molar-refractivity contribution is -0.150. The Bertz CT molecular complexity index is 633. The second-order valence-corrected chi connectivity index (χ2v) is 7.10. The lowest BCUT2D eigenvalue weighted by atomic mass is 9.75. The van der Waals surface area contributed by atoms with Crippen LogP contribution in [0.1, 0.15) is 24.8 Å². The molecule has 3 atom stereocenters. The summed E-state index contributed by atoms with van der Waals surface area (Å²) in [6.45, 7) is 5.31. The van der Waals surface area contributed by atoms with Gasteiger partial charge in [-0.3, -0.25) is 14.5 Å². The molecule has 0 aromatic heterocycles. The van der Waals surface area contributed by atoms with Crippen LogP contribution in [0.3, 0.4) is 0 Å². The van der Waals surface area contributed by atoms with Gasteiger partial charge in [-0.05, 0) is 5.56 Å². The predicted molar refractivity (Wildman–Crippen MR) is 101 cm³/mol. The van der Waals surface area contributed by atoms with E-state index in [-0.39, 0.29) is 36.4 Å². The van der Waals surface area contributed by atoms with Crippen molar-refractivity contribution in [3.05, 3.63) is 35.9 Å². The number of likely N-dealkylation sites (tertiary alicyclic amines) is 1. The van der Waals surface area contributed by atoms with Gasteiger partial charge in [0.25, 0.3) is 0 Å². The van der Waals surface area contributed by atoms with E-state index >= 15 is 0 Å². The minimum Gasteiger partial charge on any atom is -0.394 e. The van der Waals surface area contributed by atoms with Crippen LogP contribution >= 0.6 is 0 Å². The summed E-state index contributed by atoms with van der Waals surface area (Å²) in [6, 6.07) is 9.54. The maximum Gasteiger partial charge on any atom is 0.234 e. The first-order valence-corrected chi connectivity index (χ1v) is 9.69. The number of carbonyl (C=O) groups excluding carboxylic acids is 2. The molecule has 3 rings (SSSR count). The van der Waals surface area contributed by atoms with Gasteiger partial charge in [0.15, 0.2) is 0 Å². The normalized spacial score (nSPS) is 25.7. The molecule has 0 aliphatic carbocycles. The van der Waals surface area contributed by atoms with Gasteiger partial charge in [-0.15, -0.1) is 0 Å². The molecular formula is C20H29N3O4. The number of amides is 2. The van der Waals surface area contributed by atoms with Gasteiger partial charge in [-0.2, -0.15) is 0 Å². The highest BCUT2D eigenvalue weighted by Crippen LogP contribution is 2.40. The zero-order chi connectivity index (χ0) is 19.2. The summed E-state index contributed by atoms with van der Waals surface area (Å²) in [6.07, 6.45) is 0.385. The van der Waals surface area contributed by atoms with Crippen molar-refractivity contribution in [1.82, 2.24) is 15.1 Å². The smallest absolute Gasteiger partial charge is 0.234 e. The highest BCUT2D eigenvalue weighted by molar-refractivity contribution is 5.80. The average molecular weight is 375 g/mol. The van der Waals surface area contributed by atoms with E-state index in [9.17, 15) is 14.7 Å². The number of nitrogens with zero attached hydrogens (tertiary/aromatic N) is 2. The molecule has 0 bridgehead atoms. The molecule has 27 heavy (non-hydrogen) atoms. The number of aliphatic hydroxyl groups is 1. The molecule has 0 spiro atoms. The second-order valence-electron chi connectivity index (χ2n) is 7.10. The number of benzene rings is 1. The van der Waals surface area contributed by atoms with Crippen molar-refractivity contribution < 1.29 is 19.4 Å². The molecule has 2 saturated heterocycles. The molecule has 2 amide bonds. The van der Waals surface area contributed by atoms with Crippen molar-refractivity contribution in [2.75, 3.05) is 46.0 Å². The number of rotatable bonds is 7. The maximum atomic E-state index is 12.4. The molecule has 7 heteroatoms. The summed E-state index contributed by atoms with van der Waals surface area (Å²) in [5.41, 5.74) is 1.09. The monoisotopic (exact) mass is 375 g/mol. The highest BCUT2D eigenvalue weighted by Gasteiger charge is 2.50. The predicted octanol–water partition coefficient (Wildman–Crippen LogP) is 0.200. The topological polar surface area (TPSA) is 82.1 Å². The molecular weight excluding hydrogens is 346 g/mol. The Morgan fingerprint density at radius 3 is 2.52 bits per heavy atom. The molecule has 1 aromatic carbocycles. The lowest BCUT2D eigenvalue weighted by Gasteiger charge is -2.55. The minimum atomic E-state index is -0.235. The van der Waals surface area contributed by atoms with Crippen molar-refractivity contribution >= 4 is 11.8 Å². The Labute approximate surface area is 160 Å². The second kappa shape index (κ2) is 9.30. The fourth-order valence-electron chi connectivity index (χ4n) is 4.08. The van der Waals surface area contributed by atoms with E-state index in [0.717, 1.165) is 18.7 Å². The van der Waals surface area contributed by atoms with Crippen LogP contribution in [0.5, 0.6) is 0 Å². The number of hydrogen-bond donors (Lipinski definition) is 2. The fourth-order valence-corrected chi connectivity index (χ4v) is 4.08. The van der Waals surface area contributed by atoms with Crippen molar-refractivity contribution in [3.8, 4) is 0 Å². The van der Waals surface area contributed by atoms with Crippen LogP contribution in [0, 0.1) is 0 Å². The number of carbonyl (C=O) groups is 2. The molecule has 148 valence electrons. The third kappa shape index (κ3) is 4.48. The molecule has 0 saturated carbocycles. The Morgan fingerprint density at radius 2 is 1.89 bits per heavy atom. The van der Waals surface area contributed by atoms with E-state index < -0.39 is 0 Å². The molecule has 0 unspecified atom stereocenters. The van der Waals surface area contributed by atoms with Crippen molar-refractivity contribution in [2.24, 2.45) is 0 Å².